The van der Waals surface area contributed by atoms with Crippen LogP contribution in [0, 0.1) is 12.3 Å². The Kier molecular flexibility index (Phi) is 2.67. The second-order valence-electron chi connectivity index (χ2n) is 6.42. The molecule has 0 atom stereocenters. The molecule has 0 radical (unpaired) electrons. The first-order chi connectivity index (χ1) is 8.57. The SMILES string of the molecule is COc1ccc(C)cc1C1(N)CC2(CCCC2)C1. The summed E-state index contributed by atoms with van der Waals surface area (Å²) in [4.78, 5) is 0. The van der Waals surface area contributed by atoms with E-state index in [9.17, 15) is 0 Å². The molecule has 0 bridgehead atoms. The third-order valence-corrected chi connectivity index (χ3v) is 4.94. The lowest BCUT2D eigenvalue weighted by atomic mass is 9.54. The lowest BCUT2D eigenvalue weighted by molar-refractivity contribution is 0.0297. The monoisotopic (exact) mass is 245 g/mol. The minimum absolute atomic E-state index is 0.151. The first kappa shape index (κ1) is 12.0. The van der Waals surface area contributed by atoms with Gasteiger partial charge < -0.3 is 10.5 Å². The molecule has 2 aliphatic rings. The first-order valence-corrected chi connectivity index (χ1v) is 7.01. The second kappa shape index (κ2) is 3.99. The van der Waals surface area contributed by atoms with Gasteiger partial charge in [0, 0.05) is 11.1 Å². The van der Waals surface area contributed by atoms with Gasteiger partial charge in [-0.2, -0.15) is 0 Å². The van der Waals surface area contributed by atoms with Gasteiger partial charge in [-0.15, -0.1) is 0 Å². The van der Waals surface area contributed by atoms with Crippen LogP contribution in [0.1, 0.15) is 49.7 Å². The number of nitrogens with two attached hydrogens (primary N) is 1. The van der Waals surface area contributed by atoms with Crippen LogP contribution in [0.25, 0.3) is 0 Å². The summed E-state index contributed by atoms with van der Waals surface area (Å²) < 4.78 is 5.49. The molecule has 2 fully saturated rings. The molecule has 18 heavy (non-hydrogen) atoms. The van der Waals surface area contributed by atoms with Gasteiger partial charge in [0.15, 0.2) is 0 Å². The lowest BCUT2D eigenvalue weighted by Gasteiger charge is -2.53. The maximum atomic E-state index is 6.64. The average Bonchev–Trinajstić information content (AvgIpc) is 2.77. The van der Waals surface area contributed by atoms with Gasteiger partial charge >= 0.3 is 0 Å². The van der Waals surface area contributed by atoms with Crippen molar-refractivity contribution in [2.45, 2.75) is 51.0 Å². The topological polar surface area (TPSA) is 35.2 Å². The average molecular weight is 245 g/mol. The van der Waals surface area contributed by atoms with E-state index < -0.39 is 0 Å². The van der Waals surface area contributed by atoms with Crippen LogP contribution in [0.5, 0.6) is 5.75 Å². The van der Waals surface area contributed by atoms with Crippen molar-refractivity contribution >= 4 is 0 Å². The Bertz CT molecular complexity index is 452. The molecule has 2 aliphatic carbocycles. The van der Waals surface area contributed by atoms with E-state index in [1.165, 1.54) is 36.8 Å². The number of benzene rings is 1. The van der Waals surface area contributed by atoms with Crippen LogP contribution in [0.2, 0.25) is 0 Å². The highest BCUT2D eigenvalue weighted by atomic mass is 16.5. The Morgan fingerprint density at radius 2 is 1.83 bits per heavy atom. The molecule has 2 saturated carbocycles. The third-order valence-electron chi connectivity index (χ3n) is 4.94. The van der Waals surface area contributed by atoms with Crippen molar-refractivity contribution in [1.82, 2.24) is 0 Å². The van der Waals surface area contributed by atoms with Crippen LogP contribution in [-0.2, 0) is 5.54 Å². The molecule has 1 aromatic rings. The largest absolute Gasteiger partial charge is 0.496 e. The van der Waals surface area contributed by atoms with Gasteiger partial charge in [-0.1, -0.05) is 30.5 Å². The fourth-order valence-corrected chi connectivity index (χ4v) is 4.17. The summed E-state index contributed by atoms with van der Waals surface area (Å²) in [5.74, 6) is 0.955. The van der Waals surface area contributed by atoms with E-state index in [4.69, 9.17) is 10.5 Å². The lowest BCUT2D eigenvalue weighted by Crippen LogP contribution is -2.54. The maximum Gasteiger partial charge on any atom is 0.123 e. The number of hydrogen-bond donors (Lipinski definition) is 1. The van der Waals surface area contributed by atoms with Crippen molar-refractivity contribution in [3.05, 3.63) is 29.3 Å². The molecule has 2 N–H and O–H groups in total. The zero-order valence-corrected chi connectivity index (χ0v) is 11.5. The Morgan fingerprint density at radius 1 is 1.17 bits per heavy atom. The number of ether oxygens (including phenoxy) is 1. The van der Waals surface area contributed by atoms with Gasteiger partial charge in [0.05, 0.1) is 7.11 Å². The van der Waals surface area contributed by atoms with Crippen LogP contribution in [-0.4, -0.2) is 7.11 Å². The van der Waals surface area contributed by atoms with E-state index in [-0.39, 0.29) is 5.54 Å². The Hall–Kier alpha value is -1.02. The molecular formula is C16H23NO. The fraction of sp³-hybridized carbons (Fsp3) is 0.625. The van der Waals surface area contributed by atoms with Crippen molar-refractivity contribution < 1.29 is 4.74 Å². The Labute approximate surface area is 110 Å². The molecule has 0 aromatic heterocycles. The first-order valence-electron chi connectivity index (χ1n) is 7.01. The smallest absolute Gasteiger partial charge is 0.123 e. The van der Waals surface area contributed by atoms with E-state index in [0.717, 1.165) is 18.6 Å². The normalized spacial score (nSPS) is 23.9. The molecule has 2 heteroatoms. The molecule has 0 heterocycles. The van der Waals surface area contributed by atoms with E-state index in [2.05, 4.69) is 25.1 Å². The summed E-state index contributed by atoms with van der Waals surface area (Å²) in [6.07, 6.45) is 7.81. The summed E-state index contributed by atoms with van der Waals surface area (Å²) in [6, 6.07) is 6.36. The van der Waals surface area contributed by atoms with E-state index in [0.29, 0.717) is 5.41 Å². The van der Waals surface area contributed by atoms with E-state index >= 15 is 0 Å². The van der Waals surface area contributed by atoms with Crippen LogP contribution in [0.4, 0.5) is 0 Å². The number of methoxy groups -OCH3 is 1. The van der Waals surface area contributed by atoms with Crippen LogP contribution in [0.3, 0.4) is 0 Å². The molecule has 0 aliphatic heterocycles. The van der Waals surface area contributed by atoms with Crippen molar-refractivity contribution in [1.29, 1.82) is 0 Å². The number of rotatable bonds is 2. The molecule has 1 spiro atoms. The molecule has 2 nitrogen and oxygen atoms in total. The van der Waals surface area contributed by atoms with Crippen molar-refractivity contribution in [3.63, 3.8) is 0 Å². The molecule has 3 rings (SSSR count). The Balaban J connectivity index is 1.89. The minimum atomic E-state index is -0.151. The summed E-state index contributed by atoms with van der Waals surface area (Å²) in [6.45, 7) is 2.12. The Morgan fingerprint density at radius 3 is 2.44 bits per heavy atom. The summed E-state index contributed by atoms with van der Waals surface area (Å²) >= 11 is 0. The van der Waals surface area contributed by atoms with Gasteiger partial charge in [-0.25, -0.2) is 0 Å². The zero-order valence-electron chi connectivity index (χ0n) is 11.5. The highest BCUT2D eigenvalue weighted by Crippen LogP contribution is 2.61. The summed E-state index contributed by atoms with van der Waals surface area (Å²) in [5, 5.41) is 0. The van der Waals surface area contributed by atoms with Crippen molar-refractivity contribution in [2.24, 2.45) is 11.1 Å². The molecule has 98 valence electrons. The summed E-state index contributed by atoms with van der Waals surface area (Å²) in [7, 11) is 1.74. The highest BCUT2D eigenvalue weighted by molar-refractivity contribution is 5.44. The predicted octanol–water partition coefficient (Wildman–Crippen LogP) is 3.51. The number of aryl methyl sites for hydroxylation is 1. The van der Waals surface area contributed by atoms with E-state index in [1.54, 1.807) is 7.11 Å². The van der Waals surface area contributed by atoms with Gasteiger partial charge in [0.25, 0.3) is 0 Å². The predicted molar refractivity (Wildman–Crippen MR) is 73.7 cm³/mol. The van der Waals surface area contributed by atoms with Gasteiger partial charge in [0.1, 0.15) is 5.75 Å². The number of hydrogen-bond acceptors (Lipinski definition) is 2. The highest BCUT2D eigenvalue weighted by Gasteiger charge is 2.54. The summed E-state index contributed by atoms with van der Waals surface area (Å²) in [5.41, 5.74) is 9.53. The molecule has 0 saturated heterocycles. The maximum absolute atomic E-state index is 6.64. The van der Waals surface area contributed by atoms with Crippen LogP contribution < -0.4 is 10.5 Å². The van der Waals surface area contributed by atoms with Gasteiger partial charge in [-0.3, -0.25) is 0 Å². The van der Waals surface area contributed by atoms with Gasteiger partial charge in [0.2, 0.25) is 0 Å². The zero-order chi connectivity index (χ0) is 12.8. The minimum Gasteiger partial charge on any atom is -0.496 e. The standard InChI is InChI=1S/C16H23NO/c1-12-5-6-14(18-2)13(9-12)16(17)10-15(11-16)7-3-4-8-15/h5-6,9H,3-4,7-8,10-11,17H2,1-2H3. The molecular weight excluding hydrogens is 222 g/mol. The van der Waals surface area contributed by atoms with E-state index in [1.807, 2.05) is 0 Å². The van der Waals surface area contributed by atoms with Crippen LogP contribution >= 0.6 is 0 Å². The molecule has 0 unspecified atom stereocenters. The third kappa shape index (κ3) is 1.74. The molecule has 1 aromatic carbocycles. The second-order valence-corrected chi connectivity index (χ2v) is 6.42. The quantitative estimate of drug-likeness (QED) is 0.865. The molecule has 0 amide bonds. The van der Waals surface area contributed by atoms with Crippen molar-refractivity contribution in [2.75, 3.05) is 7.11 Å². The van der Waals surface area contributed by atoms with Crippen molar-refractivity contribution in [3.8, 4) is 5.75 Å². The van der Waals surface area contributed by atoms with Gasteiger partial charge in [-0.05, 0) is 44.1 Å². The fourth-order valence-electron chi connectivity index (χ4n) is 4.17. The van der Waals surface area contributed by atoms with Crippen LogP contribution in [0.15, 0.2) is 18.2 Å².